The van der Waals surface area contributed by atoms with E-state index in [-0.39, 0.29) is 17.5 Å². The molecule has 0 aliphatic rings. The van der Waals surface area contributed by atoms with Gasteiger partial charge < -0.3 is 8.83 Å². The zero-order valence-electron chi connectivity index (χ0n) is 10.2. The van der Waals surface area contributed by atoms with Crippen LogP contribution in [0.25, 0.3) is 0 Å². The van der Waals surface area contributed by atoms with Crippen molar-refractivity contribution in [1.29, 1.82) is 5.26 Å². The fourth-order valence-corrected chi connectivity index (χ4v) is 1.46. The van der Waals surface area contributed by atoms with Gasteiger partial charge in [-0.3, -0.25) is 10.1 Å². The van der Waals surface area contributed by atoms with E-state index in [9.17, 15) is 10.1 Å². The van der Waals surface area contributed by atoms with Crippen LogP contribution in [0.15, 0.2) is 26.0 Å². The summed E-state index contributed by atoms with van der Waals surface area (Å²) in [7, 11) is 0. The number of hydrogen-bond donors (Lipinski definition) is 0. The van der Waals surface area contributed by atoms with Gasteiger partial charge in [-0.2, -0.15) is 5.26 Å². The van der Waals surface area contributed by atoms with Crippen molar-refractivity contribution in [3.05, 3.63) is 44.9 Å². The van der Waals surface area contributed by atoms with Gasteiger partial charge in [-0.1, -0.05) is 0 Å². The lowest BCUT2D eigenvalue weighted by Crippen LogP contribution is -1.83. The lowest BCUT2D eigenvalue weighted by Gasteiger charge is -1.87. The molecule has 0 aliphatic carbocycles. The molecule has 7 heteroatoms. The Morgan fingerprint density at radius 1 is 1.42 bits per heavy atom. The van der Waals surface area contributed by atoms with Crippen LogP contribution in [-0.2, 0) is 0 Å². The summed E-state index contributed by atoms with van der Waals surface area (Å²) in [5.74, 6) is 0.613. The second kappa shape index (κ2) is 4.78. The van der Waals surface area contributed by atoms with Gasteiger partial charge in [-0.25, -0.2) is 4.99 Å². The molecule has 2 aromatic rings. The van der Waals surface area contributed by atoms with Gasteiger partial charge in [0, 0.05) is 5.56 Å². The monoisotopic (exact) mass is 259 g/mol. The van der Waals surface area contributed by atoms with Crippen molar-refractivity contribution in [1.82, 2.24) is 0 Å². The summed E-state index contributed by atoms with van der Waals surface area (Å²) >= 11 is 0. The number of rotatable bonds is 3. The molecule has 0 unspecified atom stereocenters. The molecular weight excluding hydrogens is 250 g/mol. The summed E-state index contributed by atoms with van der Waals surface area (Å²) in [5, 5.41) is 19.4. The number of nitriles is 1. The zero-order chi connectivity index (χ0) is 14.0. The minimum atomic E-state index is -0.640. The van der Waals surface area contributed by atoms with Gasteiger partial charge in [-0.05, 0) is 19.9 Å². The predicted octanol–water partition coefficient (Wildman–Crippen LogP) is 3.02. The van der Waals surface area contributed by atoms with Crippen molar-refractivity contribution in [2.75, 3.05) is 0 Å². The summed E-state index contributed by atoms with van der Waals surface area (Å²) in [6.07, 6.45) is 1.27. The van der Waals surface area contributed by atoms with E-state index in [1.54, 1.807) is 13.8 Å². The van der Waals surface area contributed by atoms with E-state index >= 15 is 0 Å². The molecule has 2 heterocycles. The van der Waals surface area contributed by atoms with Crippen molar-refractivity contribution < 1.29 is 13.8 Å². The van der Waals surface area contributed by atoms with Crippen LogP contribution in [0.3, 0.4) is 0 Å². The van der Waals surface area contributed by atoms with E-state index in [2.05, 4.69) is 4.99 Å². The van der Waals surface area contributed by atoms with E-state index < -0.39 is 4.92 Å². The Morgan fingerprint density at radius 2 is 2.16 bits per heavy atom. The second-order valence-electron chi connectivity index (χ2n) is 3.77. The number of nitrogens with zero attached hydrogens (tertiary/aromatic N) is 3. The smallest absolute Gasteiger partial charge is 0.433 e. The highest BCUT2D eigenvalue weighted by Crippen LogP contribution is 2.28. The molecule has 2 aromatic heterocycles. The normalized spacial score (nSPS) is 10.8. The molecule has 0 bridgehead atoms. The molecule has 0 fully saturated rings. The lowest BCUT2D eigenvalue weighted by molar-refractivity contribution is -0.402. The number of furan rings is 2. The van der Waals surface area contributed by atoms with E-state index in [0.717, 1.165) is 5.56 Å². The number of aliphatic imine (C=N–C) groups is 1. The summed E-state index contributed by atoms with van der Waals surface area (Å²) in [6.45, 7) is 3.49. The molecule has 0 atom stereocenters. The third-order valence-corrected chi connectivity index (χ3v) is 2.58. The maximum absolute atomic E-state index is 10.4. The number of hydrogen-bond acceptors (Lipinski definition) is 6. The van der Waals surface area contributed by atoms with Crippen LogP contribution < -0.4 is 0 Å². The predicted molar refractivity (Wildman–Crippen MR) is 65.5 cm³/mol. The Morgan fingerprint density at radius 3 is 2.74 bits per heavy atom. The first-order chi connectivity index (χ1) is 9.02. The fourth-order valence-electron chi connectivity index (χ4n) is 1.46. The van der Waals surface area contributed by atoms with Crippen LogP contribution in [0.1, 0.15) is 22.6 Å². The van der Waals surface area contributed by atoms with E-state index in [0.29, 0.717) is 11.3 Å². The van der Waals surface area contributed by atoms with Crippen molar-refractivity contribution in [3.63, 3.8) is 0 Å². The minimum Gasteiger partial charge on any atom is -0.442 e. The largest absolute Gasteiger partial charge is 0.442 e. The van der Waals surface area contributed by atoms with Gasteiger partial charge in [0.1, 0.15) is 22.3 Å². The van der Waals surface area contributed by atoms with Crippen molar-refractivity contribution in [2.24, 2.45) is 4.99 Å². The first-order valence-corrected chi connectivity index (χ1v) is 5.31. The fraction of sp³-hybridized carbons (Fsp3) is 0.167. The van der Waals surface area contributed by atoms with Gasteiger partial charge in [0.2, 0.25) is 5.88 Å². The Hall–Kier alpha value is -2.88. The summed E-state index contributed by atoms with van der Waals surface area (Å²) < 4.78 is 10.2. The lowest BCUT2D eigenvalue weighted by atomic mass is 10.2. The van der Waals surface area contributed by atoms with Crippen LogP contribution >= 0.6 is 0 Å². The molecule has 96 valence electrons. The second-order valence-corrected chi connectivity index (χ2v) is 3.77. The maximum Gasteiger partial charge on any atom is 0.433 e. The Kier molecular flexibility index (Phi) is 3.16. The Labute approximate surface area is 107 Å². The highest BCUT2D eigenvalue weighted by atomic mass is 16.6. The van der Waals surface area contributed by atoms with Gasteiger partial charge >= 0.3 is 5.88 Å². The summed E-state index contributed by atoms with van der Waals surface area (Å²) in [5.41, 5.74) is 1.06. The standard InChI is InChI=1S/C12H9N3O4/c1-7-8(2)18-12(10(7)5-13)14-6-9-3-4-11(19-9)15(16)17/h3-4,6H,1-2H3. The Balaban J connectivity index is 2.30. The van der Waals surface area contributed by atoms with Gasteiger partial charge in [-0.15, -0.1) is 0 Å². The van der Waals surface area contributed by atoms with Crippen LogP contribution in [0.2, 0.25) is 0 Å². The first-order valence-electron chi connectivity index (χ1n) is 5.31. The first kappa shape index (κ1) is 12.6. The molecular formula is C12H9N3O4. The van der Waals surface area contributed by atoms with Gasteiger partial charge in [0.15, 0.2) is 5.76 Å². The van der Waals surface area contributed by atoms with Crippen molar-refractivity contribution >= 4 is 18.0 Å². The molecule has 0 aromatic carbocycles. The molecule has 0 saturated carbocycles. The average Bonchev–Trinajstić information content (AvgIpc) is 2.93. The summed E-state index contributed by atoms with van der Waals surface area (Å²) in [6, 6.07) is 4.64. The molecule has 0 aliphatic heterocycles. The minimum absolute atomic E-state index is 0.163. The molecule has 0 radical (unpaired) electrons. The van der Waals surface area contributed by atoms with Gasteiger partial charge in [0.25, 0.3) is 0 Å². The molecule has 0 saturated heterocycles. The molecule has 0 spiro atoms. The SMILES string of the molecule is Cc1oc(N=Cc2ccc([N+](=O)[O-])o2)c(C#N)c1C. The van der Waals surface area contributed by atoms with Crippen LogP contribution in [-0.4, -0.2) is 11.1 Å². The molecule has 2 rings (SSSR count). The van der Waals surface area contributed by atoms with Crippen LogP contribution in [0, 0.1) is 35.3 Å². The van der Waals surface area contributed by atoms with E-state index in [4.69, 9.17) is 14.1 Å². The Bertz CT molecular complexity index is 703. The van der Waals surface area contributed by atoms with Crippen LogP contribution in [0.4, 0.5) is 11.8 Å². The van der Waals surface area contributed by atoms with Crippen molar-refractivity contribution in [3.8, 4) is 6.07 Å². The third-order valence-electron chi connectivity index (χ3n) is 2.58. The number of aryl methyl sites for hydroxylation is 1. The summed E-state index contributed by atoms with van der Waals surface area (Å²) in [4.78, 5) is 13.8. The average molecular weight is 259 g/mol. The molecule has 0 N–H and O–H groups in total. The quantitative estimate of drug-likeness (QED) is 0.478. The highest BCUT2D eigenvalue weighted by Gasteiger charge is 2.14. The number of nitro groups is 1. The van der Waals surface area contributed by atoms with E-state index in [1.165, 1.54) is 18.3 Å². The molecule has 19 heavy (non-hydrogen) atoms. The van der Waals surface area contributed by atoms with Crippen molar-refractivity contribution in [2.45, 2.75) is 13.8 Å². The molecule has 0 amide bonds. The third kappa shape index (κ3) is 2.37. The zero-order valence-corrected chi connectivity index (χ0v) is 10.2. The molecule has 7 nitrogen and oxygen atoms in total. The van der Waals surface area contributed by atoms with E-state index in [1.807, 2.05) is 6.07 Å². The van der Waals surface area contributed by atoms with Gasteiger partial charge in [0.05, 0.1) is 12.3 Å². The highest BCUT2D eigenvalue weighted by molar-refractivity contribution is 5.79. The topological polar surface area (TPSA) is 106 Å². The maximum atomic E-state index is 10.4. The van der Waals surface area contributed by atoms with Crippen LogP contribution in [0.5, 0.6) is 0 Å².